The molecule has 0 aromatic rings. The highest BCUT2D eigenvalue weighted by molar-refractivity contribution is 6.55. The van der Waals surface area contributed by atoms with E-state index in [0.717, 1.165) is 13.2 Å². The average Bonchev–Trinajstić information content (AvgIpc) is 2.46. The van der Waals surface area contributed by atoms with E-state index in [9.17, 15) is 0 Å². The monoisotopic (exact) mass is 329 g/mol. The minimum Gasteiger partial charge on any atom is -0.414 e. The molecule has 0 bridgehead atoms. The van der Waals surface area contributed by atoms with Gasteiger partial charge in [-0.25, -0.2) is 0 Å². The number of methoxy groups -OCH3 is 1. The van der Waals surface area contributed by atoms with Crippen LogP contribution in [0.2, 0.25) is 11.1 Å². The van der Waals surface area contributed by atoms with Crippen LogP contribution < -0.4 is 0 Å². The zero-order valence-corrected chi connectivity index (χ0v) is 17.0. The minimum atomic E-state index is -0.720. The molecule has 0 saturated heterocycles. The molecule has 0 aliphatic heterocycles. The Hall–Kier alpha value is 0.137. The fourth-order valence-corrected chi connectivity index (χ4v) is 4.91. The first-order valence-electron chi connectivity index (χ1n) is 9.50. The van der Waals surface area contributed by atoms with Gasteiger partial charge in [-0.1, -0.05) is 91.9 Å². The van der Waals surface area contributed by atoms with Crippen molar-refractivity contribution in [1.29, 1.82) is 0 Å². The van der Waals surface area contributed by atoms with Crippen molar-refractivity contribution >= 4 is 9.04 Å². The maximum absolute atomic E-state index is 6.11. The molecule has 0 saturated carbocycles. The molecule has 0 unspecified atom stereocenters. The minimum absolute atomic E-state index is 0.331. The van der Waals surface area contributed by atoms with Crippen LogP contribution in [-0.2, 0) is 9.16 Å². The van der Waals surface area contributed by atoms with Crippen LogP contribution in [0, 0.1) is 0 Å². The van der Waals surface area contributed by atoms with E-state index < -0.39 is 9.04 Å². The molecule has 0 rings (SSSR count). The molecule has 0 aliphatic carbocycles. The predicted molar refractivity (Wildman–Crippen MR) is 99.9 cm³/mol. The van der Waals surface area contributed by atoms with Crippen LogP contribution in [0.5, 0.6) is 0 Å². The first-order valence-corrected chi connectivity index (χ1v) is 11.1. The molecule has 0 aromatic heterocycles. The Morgan fingerprint density at radius 1 is 0.727 bits per heavy atom. The van der Waals surface area contributed by atoms with Gasteiger partial charge in [0, 0.05) is 7.11 Å². The molecule has 0 heterocycles. The first kappa shape index (κ1) is 22.1. The zero-order chi connectivity index (χ0) is 16.7. The van der Waals surface area contributed by atoms with E-state index in [2.05, 4.69) is 27.7 Å². The third kappa shape index (κ3) is 13.8. The van der Waals surface area contributed by atoms with Gasteiger partial charge < -0.3 is 9.16 Å². The van der Waals surface area contributed by atoms with Gasteiger partial charge in [0.15, 0.2) is 0 Å². The van der Waals surface area contributed by atoms with Crippen molar-refractivity contribution in [2.45, 2.75) is 103 Å². The van der Waals surface area contributed by atoms with Crippen molar-refractivity contribution in [2.75, 3.05) is 20.3 Å². The molecule has 0 atom stereocenters. The molecule has 0 spiro atoms. The van der Waals surface area contributed by atoms with Gasteiger partial charge in [0.2, 0.25) is 9.04 Å². The lowest BCUT2D eigenvalue weighted by Gasteiger charge is -2.28. The van der Waals surface area contributed by atoms with Gasteiger partial charge in [-0.15, -0.1) is 0 Å². The fourth-order valence-electron chi connectivity index (χ4n) is 2.68. The molecule has 3 heteroatoms. The van der Waals surface area contributed by atoms with Crippen molar-refractivity contribution in [3.63, 3.8) is 0 Å². The largest absolute Gasteiger partial charge is 0.414 e. The molecule has 0 N–H and O–H groups in total. The molecular formula is C19H41O2Si. The van der Waals surface area contributed by atoms with Gasteiger partial charge in [-0.05, 0) is 11.1 Å². The molecule has 133 valence electrons. The summed E-state index contributed by atoms with van der Waals surface area (Å²) >= 11 is 0. The lowest BCUT2D eigenvalue weighted by Crippen LogP contribution is -2.30. The van der Waals surface area contributed by atoms with Gasteiger partial charge >= 0.3 is 0 Å². The third-order valence-electron chi connectivity index (χ3n) is 4.16. The van der Waals surface area contributed by atoms with E-state index in [0.29, 0.717) is 5.04 Å². The summed E-state index contributed by atoms with van der Waals surface area (Å²) in [4.78, 5) is 0. The quantitative estimate of drug-likeness (QED) is 0.257. The van der Waals surface area contributed by atoms with Crippen molar-refractivity contribution in [3.05, 3.63) is 0 Å². The second-order valence-electron chi connectivity index (χ2n) is 7.45. The molecule has 1 radical (unpaired) electrons. The van der Waals surface area contributed by atoms with Crippen LogP contribution >= 0.6 is 0 Å². The van der Waals surface area contributed by atoms with Crippen LogP contribution in [0.4, 0.5) is 0 Å². The Labute approximate surface area is 142 Å². The maximum Gasteiger partial charge on any atom is 0.217 e. The first-order chi connectivity index (χ1) is 10.5. The summed E-state index contributed by atoms with van der Waals surface area (Å²) in [6.45, 7) is 10.7. The molecular weight excluding hydrogens is 288 g/mol. The Morgan fingerprint density at radius 2 is 1.23 bits per heavy atom. The van der Waals surface area contributed by atoms with Gasteiger partial charge in [-0.3, -0.25) is 0 Å². The normalized spacial score (nSPS) is 12.3. The van der Waals surface area contributed by atoms with E-state index >= 15 is 0 Å². The molecule has 0 amide bonds. The number of rotatable bonds is 15. The van der Waals surface area contributed by atoms with Gasteiger partial charge in [0.25, 0.3) is 0 Å². The lowest BCUT2D eigenvalue weighted by atomic mass is 10.1. The summed E-state index contributed by atoms with van der Waals surface area (Å²) in [5.41, 5.74) is 0. The standard InChI is InChI=1S/C19H41O2Si/c1-6-7-8-9-10-11-12-13-14-15-18-22(19(2,3)4)21-17-16-20-5/h6-18H2,1-5H3. The number of hydrogen-bond acceptors (Lipinski definition) is 2. The molecule has 22 heavy (non-hydrogen) atoms. The molecule has 0 fully saturated rings. The van der Waals surface area contributed by atoms with Crippen molar-refractivity contribution < 1.29 is 9.16 Å². The SMILES string of the molecule is CCCCCCCCCCCC[Si](OCCOC)C(C)(C)C. The molecule has 0 aliphatic rings. The van der Waals surface area contributed by atoms with Crippen LogP contribution in [0.15, 0.2) is 0 Å². The van der Waals surface area contributed by atoms with E-state index in [4.69, 9.17) is 9.16 Å². The summed E-state index contributed by atoms with van der Waals surface area (Å²) in [7, 11) is 1.03. The second-order valence-corrected chi connectivity index (χ2v) is 10.6. The van der Waals surface area contributed by atoms with Gasteiger partial charge in [0.05, 0.1) is 13.2 Å². The summed E-state index contributed by atoms with van der Waals surface area (Å²) in [6.07, 6.45) is 14.1. The molecule has 2 nitrogen and oxygen atoms in total. The number of hydrogen-bond donors (Lipinski definition) is 0. The van der Waals surface area contributed by atoms with Crippen molar-refractivity contribution in [1.82, 2.24) is 0 Å². The third-order valence-corrected chi connectivity index (χ3v) is 7.19. The van der Waals surface area contributed by atoms with Crippen molar-refractivity contribution in [2.24, 2.45) is 0 Å². The van der Waals surface area contributed by atoms with E-state index in [1.165, 1.54) is 70.3 Å². The number of unbranched alkanes of at least 4 members (excludes halogenated alkanes) is 9. The molecule has 0 aromatic carbocycles. The summed E-state index contributed by atoms with van der Waals surface area (Å²) in [5.74, 6) is 0. The topological polar surface area (TPSA) is 18.5 Å². The lowest BCUT2D eigenvalue weighted by molar-refractivity contribution is 0.142. The summed E-state index contributed by atoms with van der Waals surface area (Å²) in [5, 5.41) is 0.331. The predicted octanol–water partition coefficient (Wildman–Crippen LogP) is 6.36. The highest BCUT2D eigenvalue weighted by Gasteiger charge is 2.28. The highest BCUT2D eigenvalue weighted by Crippen LogP contribution is 2.31. The average molecular weight is 330 g/mol. The van der Waals surface area contributed by atoms with Crippen LogP contribution in [0.25, 0.3) is 0 Å². The summed E-state index contributed by atoms with van der Waals surface area (Å²) in [6, 6.07) is 1.29. The Bertz CT molecular complexity index is 226. The van der Waals surface area contributed by atoms with E-state index in [1.807, 2.05) is 0 Å². The smallest absolute Gasteiger partial charge is 0.217 e. The number of ether oxygens (including phenoxy) is 1. The van der Waals surface area contributed by atoms with Crippen LogP contribution in [0.3, 0.4) is 0 Å². The fraction of sp³-hybridized carbons (Fsp3) is 1.00. The highest BCUT2D eigenvalue weighted by atomic mass is 28.3. The van der Waals surface area contributed by atoms with E-state index in [1.54, 1.807) is 7.11 Å². The maximum atomic E-state index is 6.11. The van der Waals surface area contributed by atoms with Gasteiger partial charge in [-0.2, -0.15) is 0 Å². The Kier molecular flexibility index (Phi) is 14.8. The Balaban J connectivity index is 3.55. The second kappa shape index (κ2) is 14.7. The van der Waals surface area contributed by atoms with Crippen LogP contribution in [-0.4, -0.2) is 29.4 Å². The Morgan fingerprint density at radius 3 is 1.68 bits per heavy atom. The summed E-state index contributed by atoms with van der Waals surface area (Å²) < 4.78 is 11.2. The van der Waals surface area contributed by atoms with Crippen molar-refractivity contribution in [3.8, 4) is 0 Å². The zero-order valence-electron chi connectivity index (χ0n) is 16.0. The van der Waals surface area contributed by atoms with Gasteiger partial charge in [0.1, 0.15) is 0 Å². The van der Waals surface area contributed by atoms with Crippen LogP contribution in [0.1, 0.15) is 91.9 Å². The van der Waals surface area contributed by atoms with E-state index in [-0.39, 0.29) is 0 Å².